The summed E-state index contributed by atoms with van der Waals surface area (Å²) in [4.78, 5) is 23.4. The van der Waals surface area contributed by atoms with E-state index in [1.165, 1.54) is 0 Å². The van der Waals surface area contributed by atoms with E-state index >= 15 is 0 Å². The molecule has 2 N–H and O–H groups in total. The number of aryl methyl sites for hydroxylation is 1. The predicted molar refractivity (Wildman–Crippen MR) is 168 cm³/mol. The second-order valence-electron chi connectivity index (χ2n) is 11.6. The smallest absolute Gasteiger partial charge is 0.329 e. The SMILES string of the molecule is Cc1c(-c2nc3cc(CO)cc(Cl)c3o2)cccc1-c1cccc(-c2nc3c(s2)CCC(C(=O)OC(C)(C)C)N3)c1C. The van der Waals surface area contributed by atoms with Crippen molar-refractivity contribution in [2.45, 2.75) is 65.7 Å². The van der Waals surface area contributed by atoms with Gasteiger partial charge in [-0.25, -0.2) is 14.8 Å². The first-order valence-electron chi connectivity index (χ1n) is 13.9. The summed E-state index contributed by atoms with van der Waals surface area (Å²) in [5.74, 6) is 0.999. The van der Waals surface area contributed by atoms with Crippen LogP contribution in [-0.2, 0) is 22.6 Å². The molecule has 0 amide bonds. The van der Waals surface area contributed by atoms with Crippen molar-refractivity contribution in [1.29, 1.82) is 0 Å². The van der Waals surface area contributed by atoms with Crippen molar-refractivity contribution in [3.63, 3.8) is 0 Å². The fraction of sp³-hybridized carbons (Fsp3) is 0.303. The molecule has 1 atom stereocenters. The monoisotopic (exact) mass is 601 g/mol. The number of esters is 1. The molecule has 3 aromatic carbocycles. The number of aliphatic hydroxyl groups excluding tert-OH is 1. The maximum absolute atomic E-state index is 12.7. The van der Waals surface area contributed by atoms with E-state index in [2.05, 4.69) is 43.4 Å². The number of anilines is 1. The molecule has 216 valence electrons. The molecule has 0 bridgehead atoms. The van der Waals surface area contributed by atoms with E-state index in [1.807, 2.05) is 32.9 Å². The zero-order chi connectivity index (χ0) is 29.8. The average Bonchev–Trinajstić information content (AvgIpc) is 3.57. The number of benzene rings is 3. The van der Waals surface area contributed by atoms with Gasteiger partial charge in [0.25, 0.3) is 0 Å². The Morgan fingerprint density at radius 1 is 1.07 bits per heavy atom. The molecular weight excluding hydrogens is 570 g/mol. The number of hydrogen-bond acceptors (Lipinski definition) is 8. The molecule has 7 nitrogen and oxygen atoms in total. The molecule has 1 aliphatic rings. The van der Waals surface area contributed by atoms with Gasteiger partial charge in [-0.1, -0.05) is 41.9 Å². The van der Waals surface area contributed by atoms with Crippen LogP contribution in [-0.4, -0.2) is 32.7 Å². The Morgan fingerprint density at radius 3 is 2.43 bits per heavy atom. The van der Waals surface area contributed by atoms with Crippen LogP contribution < -0.4 is 5.32 Å². The third-order valence-electron chi connectivity index (χ3n) is 7.47. The molecule has 0 radical (unpaired) electrons. The number of rotatable bonds is 5. The fourth-order valence-corrected chi connectivity index (χ4v) is 6.78. The Morgan fingerprint density at radius 2 is 1.74 bits per heavy atom. The highest BCUT2D eigenvalue weighted by atomic mass is 35.5. The molecule has 9 heteroatoms. The summed E-state index contributed by atoms with van der Waals surface area (Å²) >= 11 is 8.08. The Hall–Kier alpha value is -3.72. The highest BCUT2D eigenvalue weighted by Gasteiger charge is 2.31. The molecule has 0 fully saturated rings. The summed E-state index contributed by atoms with van der Waals surface area (Å²) in [6.45, 7) is 9.70. The number of nitrogens with one attached hydrogen (secondary N) is 1. The lowest BCUT2D eigenvalue weighted by Gasteiger charge is -2.26. The number of aromatic nitrogens is 2. The summed E-state index contributed by atoms with van der Waals surface area (Å²) in [5, 5.41) is 14.2. The van der Waals surface area contributed by atoms with Gasteiger partial charge in [0.2, 0.25) is 5.89 Å². The van der Waals surface area contributed by atoms with Gasteiger partial charge in [0.15, 0.2) is 5.58 Å². The van der Waals surface area contributed by atoms with E-state index in [4.69, 9.17) is 30.7 Å². The number of carbonyl (C=O) groups excluding carboxylic acids is 1. The zero-order valence-corrected chi connectivity index (χ0v) is 25.7. The van der Waals surface area contributed by atoms with Crippen molar-refractivity contribution in [3.05, 3.63) is 75.1 Å². The predicted octanol–water partition coefficient (Wildman–Crippen LogP) is 8.12. The van der Waals surface area contributed by atoms with Crippen molar-refractivity contribution >= 4 is 45.8 Å². The minimum Gasteiger partial charge on any atom is -0.458 e. The van der Waals surface area contributed by atoms with E-state index in [0.29, 0.717) is 34.0 Å². The Balaban J connectivity index is 1.33. The van der Waals surface area contributed by atoms with Crippen LogP contribution in [0.5, 0.6) is 0 Å². The third-order valence-corrected chi connectivity index (χ3v) is 8.89. The second-order valence-corrected chi connectivity index (χ2v) is 13.1. The van der Waals surface area contributed by atoms with Gasteiger partial charge in [-0.3, -0.25) is 0 Å². The first kappa shape index (κ1) is 28.4. The molecule has 3 heterocycles. The van der Waals surface area contributed by atoms with Crippen LogP contribution in [0.25, 0.3) is 44.3 Å². The molecule has 5 aromatic rings. The van der Waals surface area contributed by atoms with Gasteiger partial charge in [-0.05, 0) is 93.5 Å². The van der Waals surface area contributed by atoms with Crippen molar-refractivity contribution in [2.24, 2.45) is 0 Å². The number of halogens is 1. The standard InChI is InChI=1S/C33H32ClN3O4S/c1-17-20(8-6-10-22(17)30-36-26-15-19(16-38)14-24(34)28(26)40-30)21-9-7-11-23(18(21)2)31-37-29-27(42-31)13-12-25(35-29)32(39)41-33(3,4)5/h6-11,14-15,25,35,38H,12-13,16H2,1-5H3. The number of thiazole rings is 1. The van der Waals surface area contributed by atoms with Gasteiger partial charge in [-0.2, -0.15) is 0 Å². The van der Waals surface area contributed by atoms with Crippen LogP contribution in [0.15, 0.2) is 52.9 Å². The largest absolute Gasteiger partial charge is 0.458 e. The number of hydrogen-bond donors (Lipinski definition) is 2. The quantitative estimate of drug-likeness (QED) is 0.196. The Bertz CT molecular complexity index is 1840. The van der Waals surface area contributed by atoms with Crippen LogP contribution in [0.2, 0.25) is 5.02 Å². The lowest BCUT2D eigenvalue weighted by molar-refractivity contribution is -0.156. The molecule has 0 aliphatic carbocycles. The van der Waals surface area contributed by atoms with E-state index < -0.39 is 11.6 Å². The molecule has 1 aliphatic heterocycles. The number of carbonyl (C=O) groups is 1. The molecule has 0 saturated carbocycles. The van der Waals surface area contributed by atoms with E-state index in [-0.39, 0.29) is 12.6 Å². The van der Waals surface area contributed by atoms with Crippen molar-refractivity contribution < 1.29 is 19.1 Å². The van der Waals surface area contributed by atoms with E-state index in [9.17, 15) is 9.90 Å². The minimum atomic E-state index is -0.532. The molecule has 42 heavy (non-hydrogen) atoms. The Kier molecular flexibility index (Phi) is 7.33. The van der Waals surface area contributed by atoms with Crippen LogP contribution in [0, 0.1) is 13.8 Å². The lowest BCUT2D eigenvalue weighted by Crippen LogP contribution is -2.38. The Labute approximate surface area is 253 Å². The first-order valence-corrected chi connectivity index (χ1v) is 15.1. The topological polar surface area (TPSA) is 97.5 Å². The van der Waals surface area contributed by atoms with Gasteiger partial charge in [0, 0.05) is 16.0 Å². The average molecular weight is 602 g/mol. The number of ether oxygens (including phenoxy) is 1. The van der Waals surface area contributed by atoms with Crippen LogP contribution in [0.1, 0.15) is 48.8 Å². The summed E-state index contributed by atoms with van der Waals surface area (Å²) in [6.07, 6.45) is 1.45. The van der Waals surface area contributed by atoms with Gasteiger partial charge < -0.3 is 19.6 Å². The van der Waals surface area contributed by atoms with Crippen LogP contribution in [0.4, 0.5) is 5.82 Å². The minimum absolute atomic E-state index is 0.121. The summed E-state index contributed by atoms with van der Waals surface area (Å²) in [5.41, 5.74) is 7.50. The third kappa shape index (κ3) is 5.30. The molecule has 6 rings (SSSR count). The normalized spacial score (nSPS) is 15.0. The second kappa shape index (κ2) is 10.8. The molecule has 1 unspecified atom stereocenters. The molecule has 0 saturated heterocycles. The number of oxazole rings is 1. The molecule has 0 spiro atoms. The van der Waals surface area contributed by atoms with Crippen molar-refractivity contribution in [3.8, 4) is 33.2 Å². The van der Waals surface area contributed by atoms with E-state index in [1.54, 1.807) is 23.5 Å². The van der Waals surface area contributed by atoms with Crippen LogP contribution in [0.3, 0.4) is 0 Å². The van der Waals surface area contributed by atoms with Gasteiger partial charge >= 0.3 is 5.97 Å². The highest BCUT2D eigenvalue weighted by Crippen LogP contribution is 2.41. The first-order chi connectivity index (χ1) is 20.0. The van der Waals surface area contributed by atoms with Crippen molar-refractivity contribution in [2.75, 3.05) is 5.32 Å². The lowest BCUT2D eigenvalue weighted by atomic mass is 9.91. The molecular formula is C33H32ClN3O4S. The van der Waals surface area contributed by atoms with Crippen molar-refractivity contribution in [1.82, 2.24) is 9.97 Å². The maximum Gasteiger partial charge on any atom is 0.329 e. The summed E-state index contributed by atoms with van der Waals surface area (Å²) in [7, 11) is 0. The zero-order valence-electron chi connectivity index (χ0n) is 24.2. The maximum atomic E-state index is 12.7. The van der Waals surface area contributed by atoms with Gasteiger partial charge in [0.1, 0.15) is 28.0 Å². The highest BCUT2D eigenvalue weighted by molar-refractivity contribution is 7.15. The van der Waals surface area contributed by atoms with Gasteiger partial charge in [-0.15, -0.1) is 11.3 Å². The number of nitrogens with zero attached hydrogens (tertiary/aromatic N) is 2. The summed E-state index contributed by atoms with van der Waals surface area (Å²) < 4.78 is 11.7. The number of fused-ring (bicyclic) bond motifs is 2. The van der Waals surface area contributed by atoms with E-state index in [0.717, 1.165) is 55.5 Å². The van der Waals surface area contributed by atoms with Gasteiger partial charge in [0.05, 0.1) is 11.6 Å². The summed E-state index contributed by atoms with van der Waals surface area (Å²) in [6, 6.07) is 15.4. The number of aliphatic hydroxyl groups is 1. The van der Waals surface area contributed by atoms with Crippen LogP contribution >= 0.6 is 22.9 Å². The molecule has 2 aromatic heterocycles. The fourth-order valence-electron chi connectivity index (χ4n) is 5.38.